The van der Waals surface area contributed by atoms with Crippen LogP contribution in [0.15, 0.2) is 71.6 Å². The molecule has 1 atom stereocenters. The van der Waals surface area contributed by atoms with Crippen molar-refractivity contribution in [2.75, 3.05) is 10.0 Å². The van der Waals surface area contributed by atoms with Crippen molar-refractivity contribution in [3.63, 3.8) is 0 Å². The number of hydrogen-bond donors (Lipinski definition) is 3. The third kappa shape index (κ3) is 8.08. The summed E-state index contributed by atoms with van der Waals surface area (Å²) in [6, 6.07) is 17.8. The molecule has 0 radical (unpaired) electrons. The maximum atomic E-state index is 13.0. The molecule has 0 aliphatic rings. The van der Waals surface area contributed by atoms with Gasteiger partial charge in [0, 0.05) is 17.8 Å². The predicted molar refractivity (Wildman–Crippen MR) is 150 cm³/mol. The molecule has 0 saturated carbocycles. The molecule has 0 fully saturated rings. The number of sulfonamides is 1. The molecule has 2 amide bonds. The van der Waals surface area contributed by atoms with E-state index in [0.29, 0.717) is 22.5 Å². The zero-order chi connectivity index (χ0) is 28.1. The molecule has 0 spiro atoms. The fourth-order valence-electron chi connectivity index (χ4n) is 4.16. The second-order valence-electron chi connectivity index (χ2n) is 10.3. The second-order valence-corrected chi connectivity index (χ2v) is 11.9. The summed E-state index contributed by atoms with van der Waals surface area (Å²) in [5.41, 5.74) is 3.27. The van der Waals surface area contributed by atoms with Crippen LogP contribution in [0.3, 0.4) is 0 Å². The topological polar surface area (TPSA) is 114 Å². The van der Waals surface area contributed by atoms with Crippen molar-refractivity contribution in [3.8, 4) is 0 Å². The van der Waals surface area contributed by atoms with Crippen LogP contribution in [0.25, 0.3) is 0 Å². The van der Waals surface area contributed by atoms with Crippen molar-refractivity contribution in [1.82, 2.24) is 5.32 Å². The normalized spacial score (nSPS) is 12.4. The molecule has 38 heavy (non-hydrogen) atoms. The maximum Gasteiger partial charge on any atom is 0.329 e. The van der Waals surface area contributed by atoms with Crippen LogP contribution >= 0.6 is 0 Å². The van der Waals surface area contributed by atoms with Crippen molar-refractivity contribution < 1.29 is 22.7 Å². The van der Waals surface area contributed by atoms with Crippen LogP contribution in [0.4, 0.5) is 16.2 Å². The molecular weight excluding hydrogens is 502 g/mol. The van der Waals surface area contributed by atoms with E-state index in [1.54, 1.807) is 58.9 Å². The first-order valence-electron chi connectivity index (χ1n) is 12.3. The number of urea groups is 1. The molecule has 9 heteroatoms. The Morgan fingerprint density at radius 3 is 1.97 bits per heavy atom. The highest BCUT2D eigenvalue weighted by Gasteiger charge is 2.27. The van der Waals surface area contributed by atoms with E-state index in [9.17, 15) is 18.0 Å². The lowest BCUT2D eigenvalue weighted by Gasteiger charge is -2.24. The fourth-order valence-corrected chi connectivity index (χ4v) is 5.67. The van der Waals surface area contributed by atoms with Crippen LogP contribution in [0, 0.1) is 20.8 Å². The van der Waals surface area contributed by atoms with Crippen molar-refractivity contribution in [1.29, 1.82) is 0 Å². The van der Waals surface area contributed by atoms with Gasteiger partial charge in [0.15, 0.2) is 0 Å². The van der Waals surface area contributed by atoms with Crippen LogP contribution in [-0.4, -0.2) is 32.1 Å². The van der Waals surface area contributed by atoms with E-state index in [4.69, 9.17) is 4.74 Å². The summed E-state index contributed by atoms with van der Waals surface area (Å²) in [5.74, 6) is -0.539. The van der Waals surface area contributed by atoms with E-state index in [-0.39, 0.29) is 11.3 Å². The van der Waals surface area contributed by atoms with Gasteiger partial charge in [0.1, 0.15) is 11.6 Å². The summed E-state index contributed by atoms with van der Waals surface area (Å²) in [6.07, 6.45) is 0.266. The van der Waals surface area contributed by atoms with Crippen molar-refractivity contribution in [2.45, 2.75) is 64.5 Å². The van der Waals surface area contributed by atoms with Gasteiger partial charge < -0.3 is 15.4 Å². The minimum absolute atomic E-state index is 0.247. The highest BCUT2D eigenvalue weighted by Crippen LogP contribution is 2.25. The van der Waals surface area contributed by atoms with E-state index in [1.807, 2.05) is 49.4 Å². The first-order valence-corrected chi connectivity index (χ1v) is 13.8. The molecule has 0 aliphatic heterocycles. The van der Waals surface area contributed by atoms with Crippen molar-refractivity contribution in [2.24, 2.45) is 0 Å². The predicted octanol–water partition coefficient (Wildman–Crippen LogP) is 5.49. The Morgan fingerprint density at radius 1 is 0.868 bits per heavy atom. The van der Waals surface area contributed by atoms with E-state index in [0.717, 1.165) is 11.1 Å². The van der Waals surface area contributed by atoms with Crippen LogP contribution in [-0.2, 0) is 26.0 Å². The smallest absolute Gasteiger partial charge is 0.329 e. The summed E-state index contributed by atoms with van der Waals surface area (Å²) in [6.45, 7) is 10.7. The number of amides is 2. The number of esters is 1. The molecule has 202 valence electrons. The molecule has 3 aromatic rings. The largest absolute Gasteiger partial charge is 0.458 e. The van der Waals surface area contributed by atoms with E-state index in [1.165, 1.54) is 0 Å². The molecular formula is C29H35N3O5S. The van der Waals surface area contributed by atoms with Crippen molar-refractivity contribution in [3.05, 3.63) is 89.0 Å². The van der Waals surface area contributed by atoms with Gasteiger partial charge >= 0.3 is 12.0 Å². The highest BCUT2D eigenvalue weighted by atomic mass is 32.2. The average molecular weight is 538 g/mol. The summed E-state index contributed by atoms with van der Waals surface area (Å²) < 4.78 is 34.1. The Balaban J connectivity index is 1.69. The highest BCUT2D eigenvalue weighted by molar-refractivity contribution is 7.92. The van der Waals surface area contributed by atoms with Gasteiger partial charge in [0.2, 0.25) is 0 Å². The zero-order valence-electron chi connectivity index (χ0n) is 22.6. The molecule has 0 unspecified atom stereocenters. The van der Waals surface area contributed by atoms with Gasteiger partial charge in [0.25, 0.3) is 10.0 Å². The standard InChI is InChI=1S/C29H35N3O5S/c1-19-16-20(2)26(21(3)17-19)38(35,36)32-24-14-12-23(13-15-24)30-28(34)31-25(27(33)37-29(4,5)6)18-22-10-8-7-9-11-22/h7-17,25,32H,18H2,1-6H3,(H2,30,31,34)/t25-/m0/s1. The third-order valence-electron chi connectivity index (χ3n) is 5.55. The molecule has 0 heterocycles. The second kappa shape index (κ2) is 11.7. The van der Waals surface area contributed by atoms with Gasteiger partial charge in [-0.05, 0) is 82.5 Å². The van der Waals surface area contributed by atoms with Gasteiger partial charge in [-0.1, -0.05) is 48.0 Å². The Morgan fingerprint density at radius 2 is 1.42 bits per heavy atom. The lowest BCUT2D eigenvalue weighted by Crippen LogP contribution is -2.47. The number of carbonyl (C=O) groups excluding carboxylic acids is 2. The molecule has 0 bridgehead atoms. The zero-order valence-corrected chi connectivity index (χ0v) is 23.4. The first-order chi connectivity index (χ1) is 17.7. The summed E-state index contributed by atoms with van der Waals surface area (Å²) >= 11 is 0. The molecule has 3 aromatic carbocycles. The van der Waals surface area contributed by atoms with Crippen LogP contribution in [0.1, 0.15) is 43.0 Å². The van der Waals surface area contributed by atoms with Crippen LogP contribution < -0.4 is 15.4 Å². The maximum absolute atomic E-state index is 13.0. The number of anilines is 2. The van der Waals surface area contributed by atoms with Gasteiger partial charge in [-0.15, -0.1) is 0 Å². The number of benzene rings is 3. The quantitative estimate of drug-likeness (QED) is 0.329. The fraction of sp³-hybridized carbons (Fsp3) is 0.310. The summed E-state index contributed by atoms with van der Waals surface area (Å²) in [5, 5.41) is 5.38. The number of rotatable bonds is 8. The Bertz CT molecular complexity index is 1370. The molecule has 0 aromatic heterocycles. The van der Waals surface area contributed by atoms with Crippen LogP contribution in [0.2, 0.25) is 0 Å². The van der Waals surface area contributed by atoms with E-state index in [2.05, 4.69) is 15.4 Å². The number of ether oxygens (including phenoxy) is 1. The number of carbonyl (C=O) groups is 2. The number of hydrogen-bond acceptors (Lipinski definition) is 5. The molecule has 3 rings (SSSR count). The molecule has 0 saturated heterocycles. The minimum atomic E-state index is -3.80. The van der Waals surface area contributed by atoms with Gasteiger partial charge in [-0.2, -0.15) is 0 Å². The van der Waals surface area contributed by atoms with Gasteiger partial charge in [0.05, 0.1) is 4.90 Å². The Labute approximate surface area is 224 Å². The van der Waals surface area contributed by atoms with Crippen molar-refractivity contribution >= 4 is 33.4 Å². The Kier molecular flexibility index (Phi) is 8.83. The first kappa shape index (κ1) is 28.7. The number of nitrogens with one attached hydrogen (secondary N) is 3. The summed E-state index contributed by atoms with van der Waals surface area (Å²) in [7, 11) is -3.80. The molecule has 8 nitrogen and oxygen atoms in total. The lowest BCUT2D eigenvalue weighted by molar-refractivity contribution is -0.157. The van der Waals surface area contributed by atoms with E-state index < -0.39 is 33.7 Å². The Hall–Kier alpha value is -3.85. The SMILES string of the molecule is Cc1cc(C)c(S(=O)(=O)Nc2ccc(NC(=O)N[C@@H](Cc3ccccc3)C(=O)OC(C)(C)C)cc2)c(C)c1. The van der Waals surface area contributed by atoms with Gasteiger partial charge in [-0.25, -0.2) is 18.0 Å². The minimum Gasteiger partial charge on any atom is -0.458 e. The van der Waals surface area contributed by atoms with Crippen LogP contribution in [0.5, 0.6) is 0 Å². The number of aryl methyl sites for hydroxylation is 3. The lowest BCUT2D eigenvalue weighted by atomic mass is 10.1. The van der Waals surface area contributed by atoms with Gasteiger partial charge in [-0.3, -0.25) is 4.72 Å². The van der Waals surface area contributed by atoms with E-state index >= 15 is 0 Å². The molecule has 0 aliphatic carbocycles. The monoisotopic (exact) mass is 537 g/mol. The third-order valence-corrected chi connectivity index (χ3v) is 7.23. The average Bonchev–Trinajstić information content (AvgIpc) is 2.78. The molecule has 3 N–H and O–H groups in total. The summed E-state index contributed by atoms with van der Waals surface area (Å²) in [4.78, 5) is 25.8.